The largest absolute Gasteiger partial charge is 0.458 e. The van der Waals surface area contributed by atoms with Gasteiger partial charge in [0.2, 0.25) is 5.60 Å². The molecule has 3 rings (SSSR count). The number of carbonyl (C=O) groups is 1. The summed E-state index contributed by atoms with van der Waals surface area (Å²) in [7, 11) is 0. The molecule has 2 aliphatic rings. The minimum absolute atomic E-state index is 0.571. The van der Waals surface area contributed by atoms with Crippen LogP contribution in [-0.2, 0) is 20.9 Å². The van der Waals surface area contributed by atoms with Crippen LogP contribution >= 0.6 is 0 Å². The van der Waals surface area contributed by atoms with Crippen LogP contribution in [0.5, 0.6) is 0 Å². The van der Waals surface area contributed by atoms with Crippen molar-refractivity contribution < 1.29 is 24.6 Å². The van der Waals surface area contributed by atoms with E-state index < -0.39 is 35.3 Å². The van der Waals surface area contributed by atoms with E-state index in [0.29, 0.717) is 19.5 Å². The quantitative estimate of drug-likeness (QED) is 0.640. The van der Waals surface area contributed by atoms with E-state index in [0.717, 1.165) is 25.9 Å². The first-order chi connectivity index (χ1) is 13.7. The average Bonchev–Trinajstić information content (AvgIpc) is 2.67. The number of carbonyl (C=O) groups excluding carboxylic acids is 1. The second kappa shape index (κ2) is 8.70. The molecular formula is C22H34N2O5. The molecule has 0 radical (unpaired) electrons. The Morgan fingerprint density at radius 3 is 2.69 bits per heavy atom. The molecule has 162 valence electrons. The van der Waals surface area contributed by atoms with E-state index in [4.69, 9.17) is 9.57 Å². The zero-order chi connectivity index (χ0) is 21.1. The van der Waals surface area contributed by atoms with Crippen molar-refractivity contribution in [3.63, 3.8) is 0 Å². The van der Waals surface area contributed by atoms with Crippen molar-refractivity contribution in [3.05, 3.63) is 35.9 Å². The number of esters is 1. The second-order valence-electron chi connectivity index (χ2n) is 9.26. The molecule has 7 heteroatoms. The van der Waals surface area contributed by atoms with Gasteiger partial charge in [0, 0.05) is 25.0 Å². The van der Waals surface area contributed by atoms with Gasteiger partial charge in [-0.3, -0.25) is 9.74 Å². The number of hydrogen-bond donors (Lipinski definition) is 3. The Hall–Kier alpha value is -1.51. The molecule has 1 aromatic rings. The zero-order valence-electron chi connectivity index (χ0n) is 17.7. The number of nitrogens with one attached hydrogen (secondary N) is 1. The molecule has 0 aliphatic carbocycles. The fourth-order valence-electron chi connectivity index (χ4n) is 4.76. The maximum absolute atomic E-state index is 13.4. The number of aliphatic hydroxyl groups excluding tert-OH is 2. The first-order valence-electron chi connectivity index (χ1n) is 10.4. The van der Waals surface area contributed by atoms with Crippen LogP contribution in [0.25, 0.3) is 0 Å². The summed E-state index contributed by atoms with van der Waals surface area (Å²) in [6.07, 6.45) is 0.853. The number of benzene rings is 1. The minimum atomic E-state index is -1.66. The van der Waals surface area contributed by atoms with E-state index >= 15 is 0 Å². The van der Waals surface area contributed by atoms with E-state index in [2.05, 4.69) is 22.5 Å². The molecule has 3 atom stereocenters. The van der Waals surface area contributed by atoms with E-state index in [-0.39, 0.29) is 0 Å². The van der Waals surface area contributed by atoms with E-state index in [1.165, 1.54) is 5.56 Å². The second-order valence-corrected chi connectivity index (χ2v) is 9.26. The molecule has 3 unspecified atom stereocenters. The van der Waals surface area contributed by atoms with Gasteiger partial charge in [0.25, 0.3) is 0 Å². The maximum Gasteiger partial charge on any atom is 0.344 e. The molecular weight excluding hydrogens is 372 g/mol. The van der Waals surface area contributed by atoms with Crippen molar-refractivity contribution in [2.45, 2.75) is 63.9 Å². The molecule has 29 heavy (non-hydrogen) atoms. The van der Waals surface area contributed by atoms with Gasteiger partial charge in [-0.15, -0.1) is 0 Å². The number of hydroxylamine groups is 1. The SMILES string of the molecule is CC(C)(C)OC(=O)C1(C(O)CO)ONCCC12CCCN(Cc1ccccc1)C2. The molecule has 2 heterocycles. The molecule has 0 saturated carbocycles. The maximum atomic E-state index is 13.4. The summed E-state index contributed by atoms with van der Waals surface area (Å²) >= 11 is 0. The number of rotatable bonds is 5. The highest BCUT2D eigenvalue weighted by Crippen LogP contribution is 2.49. The molecule has 1 aromatic carbocycles. The summed E-state index contributed by atoms with van der Waals surface area (Å²) < 4.78 is 5.69. The fraction of sp³-hybridized carbons (Fsp3) is 0.682. The van der Waals surface area contributed by atoms with Crippen molar-refractivity contribution in [3.8, 4) is 0 Å². The van der Waals surface area contributed by atoms with E-state index in [1.807, 2.05) is 18.2 Å². The van der Waals surface area contributed by atoms with Crippen LogP contribution in [0.1, 0.15) is 45.6 Å². The third kappa shape index (κ3) is 4.49. The Labute approximate surface area is 172 Å². The molecule has 2 fully saturated rings. The number of hydrogen-bond acceptors (Lipinski definition) is 7. The average molecular weight is 407 g/mol. The van der Waals surface area contributed by atoms with Crippen LogP contribution in [0.3, 0.4) is 0 Å². The number of likely N-dealkylation sites (tertiary alicyclic amines) is 1. The lowest BCUT2D eigenvalue weighted by molar-refractivity contribution is -0.277. The van der Waals surface area contributed by atoms with E-state index in [9.17, 15) is 15.0 Å². The Bertz CT molecular complexity index is 688. The lowest BCUT2D eigenvalue weighted by Gasteiger charge is -2.56. The monoisotopic (exact) mass is 406 g/mol. The van der Waals surface area contributed by atoms with Crippen molar-refractivity contribution in [2.24, 2.45) is 5.41 Å². The highest BCUT2D eigenvalue weighted by Gasteiger charge is 2.66. The summed E-state index contributed by atoms with van der Waals surface area (Å²) in [5.41, 5.74) is 0.945. The summed E-state index contributed by atoms with van der Waals surface area (Å²) in [6.45, 7) is 7.60. The normalized spacial score (nSPS) is 29.6. The van der Waals surface area contributed by atoms with Gasteiger partial charge < -0.3 is 14.9 Å². The van der Waals surface area contributed by atoms with Crippen molar-refractivity contribution in [1.82, 2.24) is 10.4 Å². The van der Waals surface area contributed by atoms with Gasteiger partial charge in [-0.2, -0.15) is 0 Å². The van der Waals surface area contributed by atoms with Crippen molar-refractivity contribution in [2.75, 3.05) is 26.2 Å². The third-order valence-electron chi connectivity index (χ3n) is 5.98. The van der Waals surface area contributed by atoms with Crippen LogP contribution in [0.2, 0.25) is 0 Å². The molecule has 0 bridgehead atoms. The van der Waals surface area contributed by atoms with Gasteiger partial charge in [-0.05, 0) is 52.1 Å². The highest BCUT2D eigenvalue weighted by atomic mass is 16.7. The highest BCUT2D eigenvalue weighted by molar-refractivity contribution is 5.82. The predicted octanol–water partition coefficient (Wildman–Crippen LogP) is 1.63. The lowest BCUT2D eigenvalue weighted by atomic mass is 9.61. The predicted molar refractivity (Wildman–Crippen MR) is 109 cm³/mol. The van der Waals surface area contributed by atoms with Gasteiger partial charge in [0.1, 0.15) is 11.7 Å². The van der Waals surface area contributed by atoms with Crippen LogP contribution in [0, 0.1) is 5.41 Å². The number of ether oxygens (including phenoxy) is 1. The fourth-order valence-corrected chi connectivity index (χ4v) is 4.76. The van der Waals surface area contributed by atoms with Gasteiger partial charge in [0.05, 0.1) is 6.61 Å². The van der Waals surface area contributed by atoms with Crippen LogP contribution in [0.15, 0.2) is 30.3 Å². The van der Waals surface area contributed by atoms with Crippen molar-refractivity contribution >= 4 is 5.97 Å². The minimum Gasteiger partial charge on any atom is -0.458 e. The van der Waals surface area contributed by atoms with Crippen LogP contribution < -0.4 is 5.48 Å². The zero-order valence-corrected chi connectivity index (χ0v) is 17.7. The van der Waals surface area contributed by atoms with Gasteiger partial charge in [-0.1, -0.05) is 30.3 Å². The van der Waals surface area contributed by atoms with Crippen LogP contribution in [0.4, 0.5) is 0 Å². The molecule has 2 aliphatic heterocycles. The van der Waals surface area contributed by atoms with Gasteiger partial charge >= 0.3 is 5.97 Å². The summed E-state index contributed by atoms with van der Waals surface area (Å²) in [5, 5.41) is 20.7. The van der Waals surface area contributed by atoms with Gasteiger partial charge in [-0.25, -0.2) is 10.3 Å². The number of piperidine rings is 1. The Morgan fingerprint density at radius 2 is 2.03 bits per heavy atom. The first kappa shape index (κ1) is 22.2. The Kier molecular flexibility index (Phi) is 6.65. The first-order valence-corrected chi connectivity index (χ1v) is 10.4. The lowest BCUT2D eigenvalue weighted by Crippen LogP contribution is -2.73. The molecule has 7 nitrogen and oxygen atoms in total. The molecule has 1 spiro atoms. The van der Waals surface area contributed by atoms with Gasteiger partial charge in [0.15, 0.2) is 0 Å². The summed E-state index contributed by atoms with van der Waals surface area (Å²) in [4.78, 5) is 21.6. The molecule has 3 N–H and O–H groups in total. The Morgan fingerprint density at radius 1 is 1.31 bits per heavy atom. The number of aliphatic hydroxyl groups is 2. The van der Waals surface area contributed by atoms with Crippen LogP contribution in [-0.4, -0.2) is 64.6 Å². The topological polar surface area (TPSA) is 91.3 Å². The molecule has 0 amide bonds. The standard InChI is InChI=1S/C22H34N2O5/c1-20(2,3)28-19(27)22(18(26)15-25)21(11-12-23-29-22)10-7-13-24(16-21)14-17-8-5-4-6-9-17/h4-6,8-9,18,23,25-26H,7,10-16H2,1-3H3. The Balaban J connectivity index is 1.94. The summed E-state index contributed by atoms with van der Waals surface area (Å²) in [5.74, 6) is -0.625. The smallest absolute Gasteiger partial charge is 0.344 e. The summed E-state index contributed by atoms with van der Waals surface area (Å²) in [6, 6.07) is 10.2. The molecule has 0 aromatic heterocycles. The number of nitrogens with zero attached hydrogens (tertiary/aromatic N) is 1. The van der Waals surface area contributed by atoms with E-state index in [1.54, 1.807) is 20.8 Å². The van der Waals surface area contributed by atoms with Crippen molar-refractivity contribution in [1.29, 1.82) is 0 Å². The third-order valence-corrected chi connectivity index (χ3v) is 5.98. The molecule has 2 saturated heterocycles.